The van der Waals surface area contributed by atoms with E-state index in [1.54, 1.807) is 0 Å². The summed E-state index contributed by atoms with van der Waals surface area (Å²) in [6.45, 7) is 12.2. The van der Waals surface area contributed by atoms with Crippen molar-refractivity contribution in [3.8, 4) is 22.8 Å². The second-order valence-corrected chi connectivity index (χ2v) is 37.8. The van der Waals surface area contributed by atoms with E-state index in [4.69, 9.17) is 15.0 Å². The van der Waals surface area contributed by atoms with Crippen LogP contribution in [0.5, 0.6) is 0 Å². The molecule has 6 nitrogen and oxygen atoms in total. The van der Waals surface area contributed by atoms with Gasteiger partial charge in [0.05, 0.1) is 70.9 Å². The van der Waals surface area contributed by atoms with Gasteiger partial charge in [-0.1, -0.05) is 221 Å². The maximum Gasteiger partial charge on any atom is 0.101 e. The molecule has 0 spiro atoms. The summed E-state index contributed by atoms with van der Waals surface area (Å²) in [5.74, 6) is 0. The molecule has 5 saturated carbocycles. The van der Waals surface area contributed by atoms with Crippen LogP contribution < -0.4 is 21.2 Å². The van der Waals surface area contributed by atoms with Gasteiger partial charge in [0, 0.05) is 107 Å². The molecule has 6 aromatic heterocycles. The van der Waals surface area contributed by atoms with Crippen molar-refractivity contribution in [1.82, 2.24) is 29.9 Å². The molecule has 0 atom stereocenters. The number of benzene rings is 5. The summed E-state index contributed by atoms with van der Waals surface area (Å²) in [5, 5.41) is 8.69. The average molecular weight is 1780 g/mol. The third kappa shape index (κ3) is 21.6. The van der Waals surface area contributed by atoms with E-state index in [0.29, 0.717) is 16.2 Å². The number of nitrogens with zero attached hydrogens (tertiary/aromatic N) is 6. The molecule has 11 aromatic rings. The summed E-state index contributed by atoms with van der Waals surface area (Å²) in [5.41, 5.74) is 15.2. The number of aromatic nitrogens is 6. The molecule has 6 heterocycles. The second-order valence-electron chi connectivity index (χ2n) is 32.5. The van der Waals surface area contributed by atoms with Crippen LogP contribution in [-0.4, -0.2) is 42.2 Å². The molecule has 5 aromatic carbocycles. The predicted molar refractivity (Wildman–Crippen MR) is 439 cm³/mol. The third-order valence-corrected chi connectivity index (χ3v) is 30.3. The number of hydrogen-bond donors (Lipinski definition) is 0. The SMILES string of the molecule is CC1(Cc2ccc(-c3cc(CC4(C)CCCC4)ccn3)nc2)CCCC1.CC1(Cc2ccc(-c3ccccn3)nc2)CCCCC1.CC1(c2ccnc3c2ccc2c(C4(C)CCCCC4)ccnc23)CCCCC1.[Os].[Ru].[Ru].c1ccc([PH+](CC[PH+](c2ccccc2)c2ccccc2)c2ccccc2)cc1. The van der Waals surface area contributed by atoms with E-state index >= 15 is 0 Å². The van der Waals surface area contributed by atoms with Crippen LogP contribution in [0.4, 0.5) is 0 Å². The van der Waals surface area contributed by atoms with Gasteiger partial charge in [0.1, 0.15) is 12.3 Å². The molecule has 5 fully saturated rings. The number of fused-ring (bicyclic) bond motifs is 3. The van der Waals surface area contributed by atoms with E-state index in [-0.39, 0.29) is 69.6 Å². The quantitative estimate of drug-likeness (QED) is 0.0514. The fraction of sp³-hybridized carbons (Fsp3) is 0.404. The van der Waals surface area contributed by atoms with Gasteiger partial charge >= 0.3 is 0 Å². The largest absolute Gasteiger partial charge is 0.255 e. The van der Waals surface area contributed by atoms with Gasteiger partial charge in [-0.25, -0.2) is 0 Å². The van der Waals surface area contributed by atoms with Gasteiger partial charge in [-0.3, -0.25) is 29.9 Å². The van der Waals surface area contributed by atoms with Crippen LogP contribution in [0.3, 0.4) is 0 Å². The Kier molecular flexibility index (Phi) is 30.4. The maximum atomic E-state index is 4.84. The standard InChI is InChI=1S/C26H32N2.C26H24P2.C24H32N2.C18H22N2.Os.2Ru/c1-25(13-5-3-6-14-25)21-11-17-27-23-19(21)9-10-20-22(12-18-28-24(20)23)26(2)15-7-4-8-16-26;1-5-13-23(14-6-1)27(24-15-7-2-8-16-24)21-22-28(25-17-9-3-10-18-25)26-19-11-4-12-20-26;1-23(10-3-4-11-23)16-19-9-14-25-22(15-19)21-8-7-20(18-26-21)17-24(2)12-5-6-13-24;1-18(10-4-2-5-11-18)13-15-8-9-17(20-14-15)16-7-3-6-12-19-16;;;/h9-12,17-18H,3-8,13-16H2,1-2H3;1-20H,21-22H2;7-9,14-15,18H,3-6,10-13,16-17H2,1-2H3;3,6-9,12,14H,2,4-5,10-11,13H2,1H3;;;/p+2. The fourth-order valence-corrected chi connectivity index (χ4v) is 24.5. The Balaban J connectivity index is 0.000000150. The molecular weight excluding hydrogens is 1670 g/mol. The van der Waals surface area contributed by atoms with Gasteiger partial charge in [0.25, 0.3) is 0 Å². The minimum Gasteiger partial charge on any atom is -0.255 e. The molecule has 5 aliphatic rings. The minimum absolute atomic E-state index is 0. The molecule has 0 N–H and O–H groups in total. The first-order chi connectivity index (χ1) is 49.8. The van der Waals surface area contributed by atoms with Crippen LogP contribution in [0.2, 0.25) is 0 Å². The first kappa shape index (κ1) is 81.8. The van der Waals surface area contributed by atoms with Gasteiger partial charge in [-0.05, 0) is 235 Å². The molecule has 0 unspecified atom stereocenters. The van der Waals surface area contributed by atoms with E-state index in [9.17, 15) is 0 Å². The van der Waals surface area contributed by atoms with Gasteiger partial charge in [-0.15, -0.1) is 0 Å². The summed E-state index contributed by atoms with van der Waals surface area (Å²) in [4.78, 5) is 28.0. The molecule has 0 bridgehead atoms. The van der Waals surface area contributed by atoms with Crippen molar-refractivity contribution < 1.29 is 58.7 Å². The Morgan fingerprint density at radius 2 is 0.610 bits per heavy atom. The zero-order valence-corrected chi connectivity index (χ0v) is 71.1. The van der Waals surface area contributed by atoms with Crippen LogP contribution >= 0.6 is 15.8 Å². The molecule has 5 aliphatic carbocycles. The number of pyridine rings is 6. The van der Waals surface area contributed by atoms with Crippen LogP contribution in [0.15, 0.2) is 237 Å². The molecule has 0 radical (unpaired) electrons. The summed E-state index contributed by atoms with van der Waals surface area (Å²) in [7, 11) is -1.57. The molecule has 16 rings (SSSR count). The molecule has 0 saturated heterocycles. The van der Waals surface area contributed by atoms with Crippen LogP contribution in [0.25, 0.3) is 44.6 Å². The Morgan fingerprint density at radius 3 is 0.971 bits per heavy atom. The molecule has 0 amide bonds. The maximum absolute atomic E-state index is 4.84. The summed E-state index contributed by atoms with van der Waals surface area (Å²) in [6, 6.07) is 72.9. The van der Waals surface area contributed by atoms with E-state index in [0.717, 1.165) is 46.7 Å². The van der Waals surface area contributed by atoms with E-state index < -0.39 is 15.8 Å². The Bertz CT molecular complexity index is 4140. The third-order valence-electron chi connectivity index (χ3n) is 24.2. The van der Waals surface area contributed by atoms with Crippen molar-refractivity contribution in [1.29, 1.82) is 0 Å². The molecule has 11 heteroatoms. The monoisotopic (exact) mass is 1780 g/mol. The number of rotatable bonds is 17. The number of hydrogen-bond acceptors (Lipinski definition) is 6. The molecule has 550 valence electrons. The van der Waals surface area contributed by atoms with E-state index in [1.807, 2.05) is 49.2 Å². The van der Waals surface area contributed by atoms with Crippen LogP contribution in [-0.2, 0) is 88.8 Å². The van der Waals surface area contributed by atoms with Gasteiger partial charge < -0.3 is 0 Å². The van der Waals surface area contributed by atoms with Crippen molar-refractivity contribution >= 4 is 58.9 Å². The smallest absolute Gasteiger partial charge is 0.101 e. The second kappa shape index (κ2) is 39.1. The summed E-state index contributed by atoms with van der Waals surface area (Å²) >= 11 is 0. The minimum atomic E-state index is -0.783. The van der Waals surface area contributed by atoms with Crippen LogP contribution in [0, 0.1) is 16.2 Å². The average Bonchev–Trinajstić information content (AvgIpc) is 1.38. The normalized spacial score (nSPS) is 17.4. The van der Waals surface area contributed by atoms with Gasteiger partial charge in [0.15, 0.2) is 0 Å². The van der Waals surface area contributed by atoms with Crippen molar-refractivity contribution in [2.24, 2.45) is 16.2 Å². The van der Waals surface area contributed by atoms with E-state index in [2.05, 4.69) is 238 Å². The Morgan fingerprint density at radius 1 is 0.286 bits per heavy atom. The Labute approximate surface area is 670 Å². The zero-order chi connectivity index (χ0) is 70.1. The van der Waals surface area contributed by atoms with Gasteiger partial charge in [-0.2, -0.15) is 0 Å². The predicted octanol–water partition coefficient (Wildman–Crippen LogP) is 23.0. The first-order valence-electron chi connectivity index (χ1n) is 39.2. The van der Waals surface area contributed by atoms with Crippen molar-refractivity contribution in [3.63, 3.8) is 0 Å². The Hall–Kier alpha value is -5.74. The van der Waals surface area contributed by atoms with Crippen molar-refractivity contribution in [3.05, 3.63) is 265 Å². The van der Waals surface area contributed by atoms with Crippen molar-refractivity contribution in [2.45, 2.75) is 212 Å². The molecule has 0 aliphatic heterocycles. The van der Waals surface area contributed by atoms with Crippen molar-refractivity contribution in [2.75, 3.05) is 12.3 Å². The molecule has 105 heavy (non-hydrogen) atoms. The fourth-order valence-electron chi connectivity index (χ4n) is 18.3. The first-order valence-corrected chi connectivity index (χ1v) is 42.6. The van der Waals surface area contributed by atoms with E-state index in [1.165, 1.54) is 226 Å². The topological polar surface area (TPSA) is 77.3 Å². The van der Waals surface area contributed by atoms with Gasteiger partial charge in [0.2, 0.25) is 0 Å². The van der Waals surface area contributed by atoms with Crippen LogP contribution in [0.1, 0.15) is 210 Å². The summed E-state index contributed by atoms with van der Waals surface area (Å²) < 4.78 is 0. The molecular formula is C94H112N6OsP2Ru2+2. The zero-order valence-electron chi connectivity index (χ0n) is 63.1. The summed E-state index contributed by atoms with van der Waals surface area (Å²) in [6.07, 6.45) is 49.1.